The summed E-state index contributed by atoms with van der Waals surface area (Å²) in [5, 5.41) is 0. The van der Waals surface area contributed by atoms with E-state index in [1.807, 2.05) is 26.0 Å². The van der Waals surface area contributed by atoms with E-state index in [1.165, 1.54) is 5.57 Å². The van der Waals surface area contributed by atoms with Crippen LogP contribution in [0.1, 0.15) is 43.6 Å². The van der Waals surface area contributed by atoms with Crippen molar-refractivity contribution in [2.45, 2.75) is 34.1 Å². The molecular weight excluding hydrogens is 304 g/mol. The van der Waals surface area contributed by atoms with Crippen LogP contribution in [0, 0.1) is 17.3 Å². The van der Waals surface area contributed by atoms with Crippen LogP contribution in [0.15, 0.2) is 29.8 Å². The molecule has 0 amide bonds. The van der Waals surface area contributed by atoms with E-state index in [4.69, 9.17) is 9.47 Å². The van der Waals surface area contributed by atoms with Crippen molar-refractivity contribution in [3.05, 3.63) is 41.0 Å². The topological polar surface area (TPSA) is 52.6 Å². The van der Waals surface area contributed by atoms with Crippen molar-refractivity contribution in [2.24, 2.45) is 17.3 Å². The molecule has 1 heterocycles. The molecule has 1 aromatic carbocycles. The number of carbonyl (C=O) groups is 2. The fourth-order valence-electron chi connectivity index (χ4n) is 3.47. The molecule has 24 heavy (non-hydrogen) atoms. The summed E-state index contributed by atoms with van der Waals surface area (Å²) in [6, 6.07) is 5.38. The van der Waals surface area contributed by atoms with Crippen LogP contribution in [-0.4, -0.2) is 25.0 Å². The lowest BCUT2D eigenvalue weighted by Gasteiger charge is -2.06. The van der Waals surface area contributed by atoms with Gasteiger partial charge in [-0.15, -0.1) is 0 Å². The zero-order valence-electron chi connectivity index (χ0n) is 14.7. The van der Waals surface area contributed by atoms with E-state index < -0.39 is 0 Å². The summed E-state index contributed by atoms with van der Waals surface area (Å²) in [7, 11) is 0. The molecule has 1 fully saturated rings. The van der Waals surface area contributed by atoms with Gasteiger partial charge in [0.25, 0.3) is 0 Å². The first kappa shape index (κ1) is 16.7. The minimum absolute atomic E-state index is 0.0949. The number of Topliss-reactive ketones (excluding diaryl/α,β-unsaturated/α-hetero) is 1. The van der Waals surface area contributed by atoms with E-state index in [-0.39, 0.29) is 35.6 Å². The Hall–Kier alpha value is -2.10. The number of carbonyl (C=O) groups excluding carboxylic acids is 2. The number of ether oxygens (including phenoxy) is 2. The summed E-state index contributed by atoms with van der Waals surface area (Å²) < 4.78 is 10.7. The number of hydrogen-bond acceptors (Lipinski definition) is 4. The van der Waals surface area contributed by atoms with Gasteiger partial charge in [-0.25, -0.2) is 0 Å². The van der Waals surface area contributed by atoms with Crippen LogP contribution in [-0.2, 0) is 16.0 Å². The summed E-state index contributed by atoms with van der Waals surface area (Å²) in [5.41, 5.74) is 2.71. The lowest BCUT2D eigenvalue weighted by molar-refractivity contribution is -0.145. The fraction of sp³-hybridized carbons (Fsp3) is 0.500. The second-order valence-electron chi connectivity index (χ2n) is 7.52. The summed E-state index contributed by atoms with van der Waals surface area (Å²) >= 11 is 0. The third-order valence-electron chi connectivity index (χ3n) is 5.03. The Labute approximate surface area is 142 Å². The number of rotatable bonds is 5. The molecule has 1 aromatic rings. The maximum Gasteiger partial charge on any atom is 0.310 e. The van der Waals surface area contributed by atoms with Gasteiger partial charge in [-0.05, 0) is 48.9 Å². The second kappa shape index (κ2) is 6.08. The molecule has 128 valence electrons. The highest BCUT2D eigenvalue weighted by Gasteiger charge is 2.61. The molecule has 2 atom stereocenters. The minimum Gasteiger partial charge on any atom is -0.493 e. The van der Waals surface area contributed by atoms with Gasteiger partial charge in [-0.2, -0.15) is 0 Å². The number of allylic oxidation sites excluding steroid dienone is 2. The van der Waals surface area contributed by atoms with E-state index >= 15 is 0 Å². The zero-order valence-corrected chi connectivity index (χ0v) is 14.7. The number of fused-ring (bicyclic) bond motifs is 1. The van der Waals surface area contributed by atoms with Crippen LogP contribution in [0.2, 0.25) is 0 Å². The Morgan fingerprint density at radius 1 is 1.33 bits per heavy atom. The molecule has 4 heteroatoms. The number of esters is 1. The van der Waals surface area contributed by atoms with Crippen molar-refractivity contribution in [2.75, 3.05) is 13.2 Å². The largest absolute Gasteiger partial charge is 0.493 e. The van der Waals surface area contributed by atoms with Gasteiger partial charge in [-0.1, -0.05) is 25.5 Å². The third-order valence-corrected chi connectivity index (χ3v) is 5.03. The Balaban J connectivity index is 1.59. The van der Waals surface area contributed by atoms with Gasteiger partial charge in [-0.3, -0.25) is 9.59 Å². The van der Waals surface area contributed by atoms with Crippen molar-refractivity contribution in [3.8, 4) is 5.75 Å². The lowest BCUT2D eigenvalue weighted by atomic mass is 10.1. The van der Waals surface area contributed by atoms with Crippen molar-refractivity contribution in [1.82, 2.24) is 0 Å². The SMILES string of the molecule is CC(C)=C[C@H]1[C@H](C(=O)OCC(=O)c2ccc3c(c2)CCO3)C1(C)C. The average Bonchev–Trinajstić information content (AvgIpc) is 2.88. The molecule has 1 aliphatic heterocycles. The first-order valence-electron chi connectivity index (χ1n) is 8.41. The summed E-state index contributed by atoms with van der Waals surface area (Å²) in [6.07, 6.45) is 2.94. The molecule has 0 radical (unpaired) electrons. The number of ketones is 1. The predicted molar refractivity (Wildman–Crippen MR) is 91.1 cm³/mol. The van der Waals surface area contributed by atoms with E-state index in [1.54, 1.807) is 6.07 Å². The van der Waals surface area contributed by atoms with Crippen LogP contribution < -0.4 is 4.74 Å². The van der Waals surface area contributed by atoms with Crippen LogP contribution in [0.5, 0.6) is 5.75 Å². The summed E-state index contributed by atoms with van der Waals surface area (Å²) in [5.74, 6) is 0.430. The molecule has 0 aromatic heterocycles. The Morgan fingerprint density at radius 3 is 2.79 bits per heavy atom. The molecule has 0 N–H and O–H groups in total. The van der Waals surface area contributed by atoms with Crippen molar-refractivity contribution in [3.63, 3.8) is 0 Å². The van der Waals surface area contributed by atoms with Gasteiger partial charge in [0.1, 0.15) is 5.75 Å². The highest BCUT2D eigenvalue weighted by atomic mass is 16.5. The van der Waals surface area contributed by atoms with Gasteiger partial charge in [0, 0.05) is 12.0 Å². The van der Waals surface area contributed by atoms with Crippen LogP contribution >= 0.6 is 0 Å². The van der Waals surface area contributed by atoms with Gasteiger partial charge < -0.3 is 9.47 Å². The van der Waals surface area contributed by atoms with Gasteiger partial charge in [0.2, 0.25) is 0 Å². The van der Waals surface area contributed by atoms with Crippen LogP contribution in [0.3, 0.4) is 0 Å². The van der Waals surface area contributed by atoms with E-state index in [0.717, 1.165) is 17.7 Å². The minimum atomic E-state index is -0.277. The van der Waals surface area contributed by atoms with E-state index in [0.29, 0.717) is 12.2 Å². The molecule has 0 spiro atoms. The van der Waals surface area contributed by atoms with Gasteiger partial charge in [0.15, 0.2) is 12.4 Å². The zero-order chi connectivity index (χ0) is 17.5. The molecule has 2 aliphatic rings. The summed E-state index contributed by atoms with van der Waals surface area (Å²) in [4.78, 5) is 24.6. The smallest absolute Gasteiger partial charge is 0.310 e. The number of benzene rings is 1. The molecule has 1 aliphatic carbocycles. The highest BCUT2D eigenvalue weighted by Crippen LogP contribution is 2.59. The van der Waals surface area contributed by atoms with Crippen LogP contribution in [0.4, 0.5) is 0 Å². The molecule has 4 nitrogen and oxygen atoms in total. The molecule has 3 rings (SSSR count). The van der Waals surface area contributed by atoms with Crippen molar-refractivity contribution < 1.29 is 19.1 Å². The Bertz CT molecular complexity index is 710. The van der Waals surface area contributed by atoms with E-state index in [2.05, 4.69) is 19.9 Å². The van der Waals surface area contributed by atoms with Crippen molar-refractivity contribution >= 4 is 11.8 Å². The van der Waals surface area contributed by atoms with Crippen LogP contribution in [0.25, 0.3) is 0 Å². The molecule has 1 saturated carbocycles. The third kappa shape index (κ3) is 3.10. The summed E-state index contributed by atoms with van der Waals surface area (Å²) in [6.45, 7) is 8.63. The first-order chi connectivity index (χ1) is 11.3. The quantitative estimate of drug-likeness (QED) is 0.471. The molecule has 0 unspecified atom stereocenters. The monoisotopic (exact) mass is 328 g/mol. The number of hydrogen-bond donors (Lipinski definition) is 0. The standard InChI is InChI=1S/C20H24O4/c1-12(2)9-15-18(20(15,3)4)19(22)24-11-16(21)13-5-6-17-14(10-13)7-8-23-17/h5-6,9-10,15,18H,7-8,11H2,1-4H3/t15-,18+/m0/s1. The predicted octanol–water partition coefficient (Wildman–Crippen LogP) is 3.59. The van der Waals surface area contributed by atoms with Gasteiger partial charge >= 0.3 is 5.97 Å². The first-order valence-corrected chi connectivity index (χ1v) is 8.41. The normalized spacial score (nSPS) is 23.0. The average molecular weight is 328 g/mol. The molecule has 0 bridgehead atoms. The Morgan fingerprint density at radius 2 is 2.08 bits per heavy atom. The lowest BCUT2D eigenvalue weighted by Crippen LogP contribution is -2.17. The highest BCUT2D eigenvalue weighted by molar-refractivity contribution is 5.98. The fourth-order valence-corrected chi connectivity index (χ4v) is 3.47. The van der Waals surface area contributed by atoms with Gasteiger partial charge in [0.05, 0.1) is 12.5 Å². The molecular formula is C20H24O4. The Kier molecular flexibility index (Phi) is 4.24. The maximum atomic E-state index is 12.3. The molecule has 0 saturated heterocycles. The van der Waals surface area contributed by atoms with E-state index in [9.17, 15) is 9.59 Å². The van der Waals surface area contributed by atoms with Crippen molar-refractivity contribution in [1.29, 1.82) is 0 Å². The second-order valence-corrected chi connectivity index (χ2v) is 7.52. The maximum absolute atomic E-state index is 12.3.